The number of urea groups is 1. The van der Waals surface area contributed by atoms with Gasteiger partial charge in [-0.25, -0.2) is 9.78 Å². The second-order valence-corrected chi connectivity index (χ2v) is 5.78. The maximum absolute atomic E-state index is 12.2. The zero-order valence-corrected chi connectivity index (χ0v) is 15.3. The summed E-state index contributed by atoms with van der Waals surface area (Å²) < 4.78 is 5.24. The van der Waals surface area contributed by atoms with Gasteiger partial charge in [-0.2, -0.15) is 0 Å². The molecule has 1 aromatic carbocycles. The summed E-state index contributed by atoms with van der Waals surface area (Å²) in [6, 6.07) is 8.37. The summed E-state index contributed by atoms with van der Waals surface area (Å²) in [6.07, 6.45) is 1.71. The summed E-state index contributed by atoms with van der Waals surface area (Å²) in [6.45, 7) is 1.76. The van der Waals surface area contributed by atoms with E-state index in [0.29, 0.717) is 23.7 Å². The monoisotopic (exact) mass is 357 g/mol. The molecule has 1 heterocycles. The summed E-state index contributed by atoms with van der Waals surface area (Å²) in [4.78, 5) is 29.5. The fourth-order valence-electron chi connectivity index (χ4n) is 2.38. The number of nitrogens with one attached hydrogen (secondary N) is 3. The van der Waals surface area contributed by atoms with Crippen molar-refractivity contribution in [3.8, 4) is 5.75 Å². The Hall–Kier alpha value is -3.29. The smallest absolute Gasteiger partial charge is 0.319 e. The van der Waals surface area contributed by atoms with Crippen LogP contribution in [-0.2, 0) is 11.3 Å². The molecule has 0 aliphatic carbocycles. The number of amides is 3. The number of hydrogen-bond donors (Lipinski definition) is 3. The molecule has 0 atom stereocenters. The Labute approximate surface area is 152 Å². The molecular formula is C18H23N5O3. The highest BCUT2D eigenvalue weighted by atomic mass is 16.5. The average molecular weight is 357 g/mol. The minimum atomic E-state index is -0.354. The molecule has 0 saturated carbocycles. The van der Waals surface area contributed by atoms with E-state index in [-0.39, 0.29) is 11.9 Å². The van der Waals surface area contributed by atoms with Crippen LogP contribution in [0.1, 0.15) is 12.5 Å². The van der Waals surface area contributed by atoms with E-state index in [1.54, 1.807) is 24.4 Å². The van der Waals surface area contributed by atoms with Crippen LogP contribution in [0.3, 0.4) is 0 Å². The van der Waals surface area contributed by atoms with E-state index in [9.17, 15) is 9.59 Å². The molecule has 0 aliphatic heterocycles. The number of carbonyl (C=O) groups is 2. The predicted octanol–water partition coefficient (Wildman–Crippen LogP) is 2.44. The van der Waals surface area contributed by atoms with Crippen LogP contribution >= 0.6 is 0 Å². The molecule has 0 unspecified atom stereocenters. The summed E-state index contributed by atoms with van der Waals surface area (Å²) in [5, 5.41) is 8.20. The highest BCUT2D eigenvalue weighted by molar-refractivity contribution is 5.93. The van der Waals surface area contributed by atoms with Crippen molar-refractivity contribution in [2.75, 3.05) is 36.7 Å². The Morgan fingerprint density at radius 1 is 1.19 bits per heavy atom. The number of pyridine rings is 1. The number of carbonyl (C=O) groups excluding carboxylic acids is 2. The van der Waals surface area contributed by atoms with Crippen molar-refractivity contribution in [3.63, 3.8) is 0 Å². The number of aromatic nitrogens is 1. The van der Waals surface area contributed by atoms with Crippen LogP contribution in [0.15, 0.2) is 36.5 Å². The lowest BCUT2D eigenvalue weighted by atomic mass is 10.2. The van der Waals surface area contributed by atoms with E-state index in [1.165, 1.54) is 14.0 Å². The number of benzene rings is 1. The molecule has 8 heteroatoms. The average Bonchev–Trinajstić information content (AvgIpc) is 2.61. The molecule has 0 spiro atoms. The molecule has 26 heavy (non-hydrogen) atoms. The van der Waals surface area contributed by atoms with Crippen LogP contribution < -0.4 is 25.6 Å². The maximum Gasteiger partial charge on any atom is 0.319 e. The molecule has 3 amide bonds. The van der Waals surface area contributed by atoms with Gasteiger partial charge in [0.25, 0.3) is 0 Å². The number of rotatable bonds is 6. The van der Waals surface area contributed by atoms with Crippen LogP contribution in [-0.4, -0.2) is 38.1 Å². The molecule has 138 valence electrons. The van der Waals surface area contributed by atoms with Crippen LogP contribution in [0.4, 0.5) is 22.0 Å². The van der Waals surface area contributed by atoms with E-state index in [1.807, 2.05) is 31.1 Å². The summed E-state index contributed by atoms with van der Waals surface area (Å²) in [7, 11) is 5.29. The SMILES string of the molecule is COc1cc(NC(=O)NCc2cccnc2N(C)C)ccc1NC(C)=O. The molecular weight excluding hydrogens is 334 g/mol. The number of nitrogens with zero attached hydrogens (tertiary/aromatic N) is 2. The van der Waals surface area contributed by atoms with Crippen LogP contribution in [0, 0.1) is 0 Å². The number of ether oxygens (including phenoxy) is 1. The summed E-state index contributed by atoms with van der Waals surface area (Å²) in [5.41, 5.74) is 2.00. The highest BCUT2D eigenvalue weighted by Gasteiger charge is 2.10. The third-order valence-electron chi connectivity index (χ3n) is 3.50. The van der Waals surface area contributed by atoms with Gasteiger partial charge in [0.05, 0.1) is 12.8 Å². The lowest BCUT2D eigenvalue weighted by Gasteiger charge is -2.16. The zero-order chi connectivity index (χ0) is 19.1. The first-order valence-electron chi connectivity index (χ1n) is 8.02. The van der Waals surface area contributed by atoms with Gasteiger partial charge in [-0.05, 0) is 18.2 Å². The van der Waals surface area contributed by atoms with Crippen molar-refractivity contribution >= 4 is 29.1 Å². The summed E-state index contributed by atoms with van der Waals surface area (Å²) >= 11 is 0. The quantitative estimate of drug-likeness (QED) is 0.738. The van der Waals surface area contributed by atoms with E-state index < -0.39 is 0 Å². The topological polar surface area (TPSA) is 95.6 Å². The Balaban J connectivity index is 2.01. The fraction of sp³-hybridized carbons (Fsp3) is 0.278. The van der Waals surface area contributed by atoms with Crippen molar-refractivity contribution in [2.24, 2.45) is 0 Å². The van der Waals surface area contributed by atoms with Crippen LogP contribution in [0.5, 0.6) is 5.75 Å². The summed E-state index contributed by atoms with van der Waals surface area (Å²) in [5.74, 6) is 1.06. The standard InChI is InChI=1S/C18H23N5O3/c1-12(24)21-15-8-7-14(10-16(15)26-4)22-18(25)20-11-13-6-5-9-19-17(13)23(2)3/h5-10H,11H2,1-4H3,(H,21,24)(H2,20,22,25). The first kappa shape index (κ1) is 19.0. The fourth-order valence-corrected chi connectivity index (χ4v) is 2.38. The van der Waals surface area contributed by atoms with E-state index >= 15 is 0 Å². The molecule has 0 fully saturated rings. The van der Waals surface area contributed by atoms with Gasteiger partial charge >= 0.3 is 6.03 Å². The second-order valence-electron chi connectivity index (χ2n) is 5.78. The van der Waals surface area contributed by atoms with E-state index in [4.69, 9.17) is 4.74 Å². The third-order valence-corrected chi connectivity index (χ3v) is 3.50. The van der Waals surface area contributed by atoms with Gasteiger partial charge in [-0.15, -0.1) is 0 Å². The molecule has 0 radical (unpaired) electrons. The molecule has 2 rings (SSSR count). The predicted molar refractivity (Wildman–Crippen MR) is 102 cm³/mol. The minimum absolute atomic E-state index is 0.199. The van der Waals surface area contributed by atoms with Gasteiger partial charge in [-0.3, -0.25) is 4.79 Å². The molecule has 0 aliphatic rings. The second kappa shape index (κ2) is 8.70. The van der Waals surface area contributed by atoms with Gasteiger partial charge in [0.1, 0.15) is 11.6 Å². The molecule has 8 nitrogen and oxygen atoms in total. The molecule has 0 saturated heterocycles. The first-order chi connectivity index (χ1) is 12.4. The number of anilines is 3. The Morgan fingerprint density at radius 3 is 2.62 bits per heavy atom. The van der Waals surface area contributed by atoms with Crippen molar-refractivity contribution in [1.29, 1.82) is 0 Å². The van der Waals surface area contributed by atoms with Crippen molar-refractivity contribution in [1.82, 2.24) is 10.3 Å². The lowest BCUT2D eigenvalue weighted by Crippen LogP contribution is -2.29. The molecule has 3 N–H and O–H groups in total. The maximum atomic E-state index is 12.2. The van der Waals surface area contributed by atoms with Gasteiger partial charge in [0.15, 0.2) is 0 Å². The molecule has 2 aromatic rings. The van der Waals surface area contributed by atoms with Crippen molar-refractivity contribution in [3.05, 3.63) is 42.1 Å². The van der Waals surface area contributed by atoms with Gasteiger partial charge in [-0.1, -0.05) is 6.07 Å². The van der Waals surface area contributed by atoms with Gasteiger partial charge in [0, 0.05) is 51.1 Å². The molecule has 1 aromatic heterocycles. The Kier molecular flexibility index (Phi) is 6.37. The van der Waals surface area contributed by atoms with Gasteiger partial charge < -0.3 is 25.6 Å². The van der Waals surface area contributed by atoms with E-state index in [2.05, 4.69) is 20.9 Å². The van der Waals surface area contributed by atoms with Gasteiger partial charge in [0.2, 0.25) is 5.91 Å². The van der Waals surface area contributed by atoms with Crippen molar-refractivity contribution in [2.45, 2.75) is 13.5 Å². The first-order valence-corrected chi connectivity index (χ1v) is 8.02. The van der Waals surface area contributed by atoms with E-state index in [0.717, 1.165) is 11.4 Å². The lowest BCUT2D eigenvalue weighted by molar-refractivity contribution is -0.114. The van der Waals surface area contributed by atoms with Crippen molar-refractivity contribution < 1.29 is 14.3 Å². The van der Waals surface area contributed by atoms with Crippen LogP contribution in [0.25, 0.3) is 0 Å². The largest absolute Gasteiger partial charge is 0.494 e. The third kappa shape index (κ3) is 5.10. The number of hydrogen-bond acceptors (Lipinski definition) is 5. The minimum Gasteiger partial charge on any atom is -0.494 e. The number of methoxy groups -OCH3 is 1. The highest BCUT2D eigenvalue weighted by Crippen LogP contribution is 2.27. The molecule has 0 bridgehead atoms. The van der Waals surface area contributed by atoms with Crippen LogP contribution in [0.2, 0.25) is 0 Å². The normalized spacial score (nSPS) is 10.0. The Morgan fingerprint density at radius 2 is 1.96 bits per heavy atom. The zero-order valence-electron chi connectivity index (χ0n) is 15.3. The Bertz CT molecular complexity index is 792.